The van der Waals surface area contributed by atoms with E-state index in [9.17, 15) is 9.90 Å². The fourth-order valence-corrected chi connectivity index (χ4v) is 0.783. The molecule has 0 radical (unpaired) electrons. The van der Waals surface area contributed by atoms with Crippen LogP contribution in [-0.2, 0) is 4.79 Å². The zero-order valence-electron chi connectivity index (χ0n) is 9.55. The maximum absolute atomic E-state index is 11.2. The Bertz CT molecular complexity index is 179. The van der Waals surface area contributed by atoms with Crippen LogP contribution < -0.4 is 10.6 Å². The summed E-state index contributed by atoms with van der Waals surface area (Å²) in [5.74, 6) is -0.0272. The van der Waals surface area contributed by atoms with Crippen molar-refractivity contribution in [1.29, 1.82) is 0 Å². The molecule has 0 saturated carbocycles. The highest BCUT2D eigenvalue weighted by atomic mass is 16.3. The van der Waals surface area contributed by atoms with Gasteiger partial charge in [-0.1, -0.05) is 6.92 Å². The van der Waals surface area contributed by atoms with Crippen LogP contribution in [0, 0.1) is 0 Å². The summed E-state index contributed by atoms with van der Waals surface area (Å²) in [4.78, 5) is 11.2. The molecule has 0 aliphatic carbocycles. The molecular weight excluding hydrogens is 180 g/mol. The Hall–Kier alpha value is -0.610. The number of aliphatic hydroxyl groups excluding tert-OH is 1. The first-order chi connectivity index (χ1) is 6.40. The van der Waals surface area contributed by atoms with Crippen LogP contribution in [0.1, 0.15) is 34.1 Å². The van der Waals surface area contributed by atoms with Crippen molar-refractivity contribution < 1.29 is 9.90 Å². The predicted octanol–water partition coefficient (Wildman–Crippen LogP) is 0.262. The van der Waals surface area contributed by atoms with Gasteiger partial charge in [0, 0.05) is 12.1 Å². The van der Waals surface area contributed by atoms with Gasteiger partial charge in [0.25, 0.3) is 0 Å². The van der Waals surface area contributed by atoms with Crippen LogP contribution in [-0.4, -0.2) is 35.7 Å². The Morgan fingerprint density at radius 2 is 2.07 bits per heavy atom. The third-order valence-corrected chi connectivity index (χ3v) is 2.32. The summed E-state index contributed by atoms with van der Waals surface area (Å²) in [7, 11) is 0. The van der Waals surface area contributed by atoms with Crippen LogP contribution >= 0.6 is 0 Å². The SMILES string of the molecule is CCCNC(=O)CNC(C)(C)C(C)O. The lowest BCUT2D eigenvalue weighted by Crippen LogP contribution is -2.51. The van der Waals surface area contributed by atoms with E-state index in [4.69, 9.17) is 0 Å². The Morgan fingerprint density at radius 3 is 2.50 bits per heavy atom. The van der Waals surface area contributed by atoms with E-state index >= 15 is 0 Å². The second-order valence-corrected chi connectivity index (χ2v) is 4.10. The maximum Gasteiger partial charge on any atom is 0.233 e. The van der Waals surface area contributed by atoms with Gasteiger partial charge in [0.1, 0.15) is 0 Å². The largest absolute Gasteiger partial charge is 0.392 e. The van der Waals surface area contributed by atoms with E-state index in [2.05, 4.69) is 10.6 Å². The molecule has 0 aromatic carbocycles. The van der Waals surface area contributed by atoms with Gasteiger partial charge in [0.05, 0.1) is 12.6 Å². The molecule has 0 aliphatic heterocycles. The number of carbonyl (C=O) groups excluding carboxylic acids is 1. The fraction of sp³-hybridized carbons (Fsp3) is 0.900. The second kappa shape index (κ2) is 5.98. The molecule has 3 N–H and O–H groups in total. The summed E-state index contributed by atoms with van der Waals surface area (Å²) >= 11 is 0. The number of rotatable bonds is 6. The first-order valence-electron chi connectivity index (χ1n) is 5.10. The zero-order valence-corrected chi connectivity index (χ0v) is 9.55. The molecule has 0 bridgehead atoms. The number of carbonyl (C=O) groups is 1. The van der Waals surface area contributed by atoms with E-state index in [0.29, 0.717) is 6.54 Å². The molecule has 84 valence electrons. The monoisotopic (exact) mass is 202 g/mol. The Labute approximate surface area is 86.1 Å². The van der Waals surface area contributed by atoms with Crippen molar-refractivity contribution >= 4 is 5.91 Å². The van der Waals surface area contributed by atoms with Gasteiger partial charge >= 0.3 is 0 Å². The Balaban J connectivity index is 3.76. The lowest BCUT2D eigenvalue weighted by Gasteiger charge is -2.29. The number of nitrogens with one attached hydrogen (secondary N) is 2. The summed E-state index contributed by atoms with van der Waals surface area (Å²) in [6.07, 6.45) is 0.451. The standard InChI is InChI=1S/C10H22N2O2/c1-5-6-11-9(14)7-12-10(3,4)8(2)13/h8,12-13H,5-7H2,1-4H3,(H,11,14). The lowest BCUT2D eigenvalue weighted by atomic mass is 9.99. The number of aliphatic hydroxyl groups is 1. The number of amides is 1. The van der Waals surface area contributed by atoms with Crippen molar-refractivity contribution in [3.63, 3.8) is 0 Å². The van der Waals surface area contributed by atoms with Gasteiger partial charge in [-0.25, -0.2) is 0 Å². The van der Waals surface area contributed by atoms with Gasteiger partial charge in [-0.15, -0.1) is 0 Å². The fourth-order valence-electron chi connectivity index (χ4n) is 0.783. The highest BCUT2D eigenvalue weighted by Crippen LogP contribution is 2.06. The van der Waals surface area contributed by atoms with Crippen molar-refractivity contribution in [2.75, 3.05) is 13.1 Å². The molecule has 1 atom stereocenters. The molecule has 1 amide bonds. The topological polar surface area (TPSA) is 61.4 Å². The second-order valence-electron chi connectivity index (χ2n) is 4.10. The van der Waals surface area contributed by atoms with E-state index in [0.717, 1.165) is 6.42 Å². The molecule has 0 spiro atoms. The van der Waals surface area contributed by atoms with Crippen LogP contribution in [0.15, 0.2) is 0 Å². The van der Waals surface area contributed by atoms with E-state index < -0.39 is 11.6 Å². The predicted molar refractivity (Wildman–Crippen MR) is 57.1 cm³/mol. The van der Waals surface area contributed by atoms with Crippen LogP contribution in [0.5, 0.6) is 0 Å². The highest BCUT2D eigenvalue weighted by Gasteiger charge is 2.23. The molecule has 0 heterocycles. The third kappa shape index (κ3) is 5.19. The van der Waals surface area contributed by atoms with Gasteiger partial charge in [-0.05, 0) is 27.2 Å². The molecule has 0 fully saturated rings. The molecule has 4 heteroatoms. The molecule has 0 aliphatic rings. The van der Waals surface area contributed by atoms with Crippen LogP contribution in [0.2, 0.25) is 0 Å². The molecule has 14 heavy (non-hydrogen) atoms. The first kappa shape index (κ1) is 13.4. The van der Waals surface area contributed by atoms with Crippen molar-refractivity contribution in [3.05, 3.63) is 0 Å². The third-order valence-electron chi connectivity index (χ3n) is 2.32. The molecular formula is C10H22N2O2. The number of hydrogen-bond acceptors (Lipinski definition) is 3. The van der Waals surface area contributed by atoms with Gasteiger partial charge in [0.2, 0.25) is 5.91 Å². The first-order valence-corrected chi connectivity index (χ1v) is 5.10. The van der Waals surface area contributed by atoms with Crippen molar-refractivity contribution in [3.8, 4) is 0 Å². The summed E-state index contributed by atoms with van der Waals surface area (Å²) < 4.78 is 0. The van der Waals surface area contributed by atoms with Gasteiger partial charge in [-0.2, -0.15) is 0 Å². The van der Waals surface area contributed by atoms with E-state index in [1.54, 1.807) is 6.92 Å². The maximum atomic E-state index is 11.2. The summed E-state index contributed by atoms with van der Waals surface area (Å²) in [6.45, 7) is 8.40. The van der Waals surface area contributed by atoms with Crippen LogP contribution in [0.25, 0.3) is 0 Å². The summed E-state index contributed by atoms with van der Waals surface area (Å²) in [5.41, 5.74) is -0.427. The lowest BCUT2D eigenvalue weighted by molar-refractivity contribution is -0.120. The van der Waals surface area contributed by atoms with Crippen molar-refractivity contribution in [1.82, 2.24) is 10.6 Å². The average molecular weight is 202 g/mol. The number of hydrogen-bond donors (Lipinski definition) is 3. The average Bonchev–Trinajstić information content (AvgIpc) is 2.11. The zero-order chi connectivity index (χ0) is 11.2. The Kier molecular flexibility index (Phi) is 5.72. The van der Waals surface area contributed by atoms with E-state index in [1.807, 2.05) is 20.8 Å². The molecule has 4 nitrogen and oxygen atoms in total. The minimum absolute atomic E-state index is 0.0272. The van der Waals surface area contributed by atoms with Crippen molar-refractivity contribution in [2.45, 2.75) is 45.8 Å². The molecule has 0 rings (SSSR count). The quantitative estimate of drug-likeness (QED) is 0.579. The van der Waals surface area contributed by atoms with Crippen LogP contribution in [0.3, 0.4) is 0 Å². The highest BCUT2D eigenvalue weighted by molar-refractivity contribution is 5.78. The van der Waals surface area contributed by atoms with Gasteiger partial charge < -0.3 is 15.7 Å². The minimum Gasteiger partial charge on any atom is -0.392 e. The smallest absolute Gasteiger partial charge is 0.233 e. The van der Waals surface area contributed by atoms with Gasteiger partial charge in [0.15, 0.2) is 0 Å². The molecule has 1 unspecified atom stereocenters. The van der Waals surface area contributed by atoms with Crippen molar-refractivity contribution in [2.24, 2.45) is 0 Å². The van der Waals surface area contributed by atoms with Gasteiger partial charge in [-0.3, -0.25) is 4.79 Å². The minimum atomic E-state index is -0.485. The Morgan fingerprint density at radius 1 is 1.50 bits per heavy atom. The molecule has 0 aromatic heterocycles. The van der Waals surface area contributed by atoms with E-state index in [1.165, 1.54) is 0 Å². The summed E-state index contributed by atoms with van der Waals surface area (Å²) in [6, 6.07) is 0. The molecule has 0 saturated heterocycles. The summed E-state index contributed by atoms with van der Waals surface area (Å²) in [5, 5.41) is 15.1. The normalized spacial score (nSPS) is 13.8. The molecule has 0 aromatic rings. The van der Waals surface area contributed by atoms with Crippen LogP contribution in [0.4, 0.5) is 0 Å². The van der Waals surface area contributed by atoms with E-state index in [-0.39, 0.29) is 12.5 Å².